The third-order valence-electron chi connectivity index (χ3n) is 1.67. The molecule has 0 fully saturated rings. The van der Waals surface area contributed by atoms with Crippen molar-refractivity contribution < 1.29 is 4.92 Å². The second kappa shape index (κ2) is 3.85. The van der Waals surface area contributed by atoms with Crippen molar-refractivity contribution >= 4 is 0 Å². The van der Waals surface area contributed by atoms with Crippen LogP contribution in [0.4, 0.5) is 0 Å². The van der Waals surface area contributed by atoms with Crippen molar-refractivity contribution in [2.45, 2.75) is 13.3 Å². The smallest absolute Gasteiger partial charge is 0.207 e. The molecule has 0 unspecified atom stereocenters. The SMILES string of the molecule is Cc1cccc(CC[N+](=O)[O-])c1. The average Bonchev–Trinajstić information content (AvgIpc) is 2.01. The topological polar surface area (TPSA) is 43.1 Å². The zero-order valence-corrected chi connectivity index (χ0v) is 6.99. The van der Waals surface area contributed by atoms with Gasteiger partial charge in [-0.3, -0.25) is 10.1 Å². The quantitative estimate of drug-likeness (QED) is 0.506. The molecule has 3 heteroatoms. The van der Waals surface area contributed by atoms with Gasteiger partial charge >= 0.3 is 0 Å². The summed E-state index contributed by atoms with van der Waals surface area (Å²) in [4.78, 5) is 9.77. The summed E-state index contributed by atoms with van der Waals surface area (Å²) in [5.41, 5.74) is 2.18. The predicted octanol–water partition coefficient (Wildman–Crippen LogP) is 1.81. The Morgan fingerprint density at radius 1 is 1.50 bits per heavy atom. The standard InChI is InChI=1S/C9H11NO2/c1-8-3-2-4-9(7-8)5-6-10(11)12/h2-4,7H,5-6H2,1H3. The Balaban J connectivity index is 2.57. The van der Waals surface area contributed by atoms with Crippen molar-refractivity contribution in [1.29, 1.82) is 0 Å². The molecule has 0 amide bonds. The number of nitrogens with zero attached hydrogens (tertiary/aromatic N) is 1. The summed E-state index contributed by atoms with van der Waals surface area (Å²) < 4.78 is 0. The van der Waals surface area contributed by atoms with Crippen LogP contribution in [0.1, 0.15) is 11.1 Å². The fourth-order valence-electron chi connectivity index (χ4n) is 1.09. The Kier molecular flexibility index (Phi) is 2.80. The van der Waals surface area contributed by atoms with E-state index in [0.717, 1.165) is 11.1 Å². The van der Waals surface area contributed by atoms with Crippen molar-refractivity contribution in [3.05, 3.63) is 45.5 Å². The summed E-state index contributed by atoms with van der Waals surface area (Å²) in [5, 5.41) is 10.1. The van der Waals surface area contributed by atoms with Crippen LogP contribution in [0.3, 0.4) is 0 Å². The zero-order chi connectivity index (χ0) is 8.97. The highest BCUT2D eigenvalue weighted by atomic mass is 16.6. The van der Waals surface area contributed by atoms with E-state index in [1.807, 2.05) is 31.2 Å². The van der Waals surface area contributed by atoms with Crippen molar-refractivity contribution in [3.63, 3.8) is 0 Å². The summed E-state index contributed by atoms with van der Waals surface area (Å²) in [6, 6.07) is 7.79. The number of hydrogen-bond donors (Lipinski definition) is 0. The molecule has 0 heterocycles. The van der Waals surface area contributed by atoms with Gasteiger partial charge in [-0.2, -0.15) is 0 Å². The van der Waals surface area contributed by atoms with Crippen LogP contribution in [-0.2, 0) is 6.42 Å². The van der Waals surface area contributed by atoms with Crippen LogP contribution < -0.4 is 0 Å². The minimum atomic E-state index is -0.289. The van der Waals surface area contributed by atoms with Gasteiger partial charge in [-0.05, 0) is 12.5 Å². The molecule has 0 aromatic heterocycles. The Bertz CT molecular complexity index is 284. The first-order valence-corrected chi connectivity index (χ1v) is 3.86. The van der Waals surface area contributed by atoms with E-state index in [1.54, 1.807) is 0 Å². The van der Waals surface area contributed by atoms with Crippen LogP contribution in [0, 0.1) is 17.0 Å². The van der Waals surface area contributed by atoms with E-state index >= 15 is 0 Å². The molecule has 0 bridgehead atoms. The first-order valence-electron chi connectivity index (χ1n) is 3.86. The molecule has 1 aromatic carbocycles. The van der Waals surface area contributed by atoms with Crippen LogP contribution in [0.5, 0.6) is 0 Å². The predicted molar refractivity (Wildman–Crippen MR) is 46.7 cm³/mol. The van der Waals surface area contributed by atoms with E-state index in [1.165, 1.54) is 0 Å². The van der Waals surface area contributed by atoms with E-state index in [2.05, 4.69) is 0 Å². The second-order valence-corrected chi connectivity index (χ2v) is 2.80. The molecule has 0 saturated heterocycles. The molecule has 0 spiro atoms. The van der Waals surface area contributed by atoms with Gasteiger partial charge in [0, 0.05) is 11.3 Å². The Morgan fingerprint density at radius 3 is 2.83 bits per heavy atom. The van der Waals surface area contributed by atoms with Gasteiger partial charge in [0.05, 0.1) is 0 Å². The summed E-state index contributed by atoms with van der Waals surface area (Å²) >= 11 is 0. The van der Waals surface area contributed by atoms with Gasteiger partial charge in [0.1, 0.15) is 0 Å². The molecular weight excluding hydrogens is 154 g/mol. The summed E-state index contributed by atoms with van der Waals surface area (Å²) in [6.45, 7) is 2.00. The fraction of sp³-hybridized carbons (Fsp3) is 0.333. The molecular formula is C9H11NO2. The molecule has 0 atom stereocenters. The van der Waals surface area contributed by atoms with Crippen LogP contribution in [0.2, 0.25) is 0 Å². The van der Waals surface area contributed by atoms with E-state index in [0.29, 0.717) is 6.42 Å². The van der Waals surface area contributed by atoms with Crippen LogP contribution in [0.25, 0.3) is 0 Å². The monoisotopic (exact) mass is 165 g/mol. The van der Waals surface area contributed by atoms with Gasteiger partial charge in [0.25, 0.3) is 0 Å². The molecule has 0 saturated carbocycles. The number of nitro groups is 1. The van der Waals surface area contributed by atoms with E-state index in [9.17, 15) is 10.1 Å². The van der Waals surface area contributed by atoms with Crippen LogP contribution >= 0.6 is 0 Å². The second-order valence-electron chi connectivity index (χ2n) is 2.80. The number of hydrogen-bond acceptors (Lipinski definition) is 2. The minimum absolute atomic E-state index is 0.0173. The summed E-state index contributed by atoms with van der Waals surface area (Å²) in [7, 11) is 0. The van der Waals surface area contributed by atoms with Crippen molar-refractivity contribution in [2.24, 2.45) is 0 Å². The van der Waals surface area contributed by atoms with E-state index < -0.39 is 0 Å². The first kappa shape index (κ1) is 8.71. The van der Waals surface area contributed by atoms with Gasteiger partial charge in [-0.25, -0.2) is 0 Å². The fourth-order valence-corrected chi connectivity index (χ4v) is 1.09. The molecule has 0 aliphatic carbocycles. The summed E-state index contributed by atoms with van der Waals surface area (Å²) in [6.07, 6.45) is 0.522. The lowest BCUT2D eigenvalue weighted by Gasteiger charge is -1.97. The maximum absolute atomic E-state index is 10.1. The molecule has 12 heavy (non-hydrogen) atoms. The largest absolute Gasteiger partial charge is 0.265 e. The molecule has 0 radical (unpaired) electrons. The Labute approximate surface area is 71.2 Å². The molecule has 0 aliphatic heterocycles. The Hall–Kier alpha value is -1.38. The van der Waals surface area contributed by atoms with Gasteiger partial charge in [0.15, 0.2) is 0 Å². The van der Waals surface area contributed by atoms with Gasteiger partial charge in [-0.1, -0.05) is 29.8 Å². The third-order valence-corrected chi connectivity index (χ3v) is 1.67. The Morgan fingerprint density at radius 2 is 2.25 bits per heavy atom. The maximum Gasteiger partial charge on any atom is 0.207 e. The summed E-state index contributed by atoms with van der Waals surface area (Å²) in [5.74, 6) is 0. The average molecular weight is 165 g/mol. The zero-order valence-electron chi connectivity index (χ0n) is 6.99. The highest BCUT2D eigenvalue weighted by Crippen LogP contribution is 2.04. The number of rotatable bonds is 3. The third kappa shape index (κ3) is 2.70. The minimum Gasteiger partial charge on any atom is -0.265 e. The molecule has 3 nitrogen and oxygen atoms in total. The number of benzene rings is 1. The van der Waals surface area contributed by atoms with Crippen LogP contribution in [0.15, 0.2) is 24.3 Å². The molecule has 0 N–H and O–H groups in total. The van der Waals surface area contributed by atoms with Crippen molar-refractivity contribution in [2.75, 3.05) is 6.54 Å². The lowest BCUT2D eigenvalue weighted by molar-refractivity contribution is -0.479. The van der Waals surface area contributed by atoms with Crippen molar-refractivity contribution in [3.8, 4) is 0 Å². The van der Waals surface area contributed by atoms with Crippen molar-refractivity contribution in [1.82, 2.24) is 0 Å². The van der Waals surface area contributed by atoms with Gasteiger partial charge < -0.3 is 0 Å². The molecule has 64 valence electrons. The van der Waals surface area contributed by atoms with Gasteiger partial charge in [0.2, 0.25) is 6.54 Å². The first-order chi connectivity index (χ1) is 5.68. The van der Waals surface area contributed by atoms with E-state index in [-0.39, 0.29) is 11.5 Å². The van der Waals surface area contributed by atoms with E-state index in [4.69, 9.17) is 0 Å². The molecule has 1 rings (SSSR count). The lowest BCUT2D eigenvalue weighted by atomic mass is 10.1. The van der Waals surface area contributed by atoms with Crippen LogP contribution in [-0.4, -0.2) is 11.5 Å². The number of aryl methyl sites for hydroxylation is 1. The van der Waals surface area contributed by atoms with Gasteiger partial charge in [-0.15, -0.1) is 0 Å². The lowest BCUT2D eigenvalue weighted by Crippen LogP contribution is -2.03. The normalized spacial score (nSPS) is 9.75. The maximum atomic E-state index is 10.1. The molecule has 0 aliphatic rings. The molecule has 1 aromatic rings. The highest BCUT2D eigenvalue weighted by Gasteiger charge is 1.98. The highest BCUT2D eigenvalue weighted by molar-refractivity contribution is 5.22.